The summed E-state index contributed by atoms with van der Waals surface area (Å²) >= 11 is 10.7. The molecule has 0 saturated carbocycles. The summed E-state index contributed by atoms with van der Waals surface area (Å²) in [6.07, 6.45) is 0. The molecule has 0 bridgehead atoms. The van der Waals surface area contributed by atoms with Crippen molar-refractivity contribution in [3.63, 3.8) is 0 Å². The maximum absolute atomic E-state index is 5.73. The van der Waals surface area contributed by atoms with Gasteiger partial charge in [0.2, 0.25) is 0 Å². The van der Waals surface area contributed by atoms with E-state index in [4.69, 9.17) is 28.3 Å². The van der Waals surface area contributed by atoms with E-state index in [2.05, 4.69) is 61.8 Å². The number of aryl methyl sites for hydroxylation is 1. The van der Waals surface area contributed by atoms with Crippen LogP contribution in [0.15, 0.2) is 12.1 Å². The Morgan fingerprint density at radius 3 is 1.81 bits per heavy atom. The number of hydrogen-bond donors (Lipinski definition) is 0. The molecule has 1 rings (SSSR count). The lowest BCUT2D eigenvalue weighted by atomic mass is 9.79. The van der Waals surface area contributed by atoms with E-state index in [9.17, 15) is 0 Å². The molecule has 3 nitrogen and oxygen atoms in total. The van der Waals surface area contributed by atoms with Gasteiger partial charge in [-0.25, -0.2) is 0 Å². The molecule has 0 heterocycles. The summed E-state index contributed by atoms with van der Waals surface area (Å²) in [4.78, 5) is 0. The molecule has 1 aromatic carbocycles. The van der Waals surface area contributed by atoms with E-state index < -0.39 is 8.60 Å². The van der Waals surface area contributed by atoms with Crippen molar-refractivity contribution in [1.82, 2.24) is 0 Å². The normalized spacial score (nSPS) is 12.9. The van der Waals surface area contributed by atoms with E-state index in [1.54, 1.807) is 0 Å². The molecule has 1 aromatic rings. The molecule has 0 saturated heterocycles. The quantitative estimate of drug-likeness (QED) is 0.576. The predicted molar refractivity (Wildman–Crippen MR) is 90.0 cm³/mol. The van der Waals surface area contributed by atoms with E-state index >= 15 is 0 Å². The summed E-state index contributed by atoms with van der Waals surface area (Å²) < 4.78 is 14.9. The third-order valence-corrected chi connectivity index (χ3v) is 4.46. The van der Waals surface area contributed by atoms with Gasteiger partial charge in [0.15, 0.2) is 0 Å². The van der Waals surface area contributed by atoms with Crippen LogP contribution in [0.5, 0.6) is 5.75 Å². The number of hydrogen-bond acceptors (Lipinski definition) is 3. The monoisotopic (exact) mass is 352 g/mol. The van der Waals surface area contributed by atoms with Crippen LogP contribution in [0.25, 0.3) is 0 Å². The summed E-state index contributed by atoms with van der Waals surface area (Å²) in [5.74, 6) is 0.711. The SMILES string of the molecule is Cc1cc(C(C)(C)C)cc(C(C)(C)C)c1OP(OCl)OCl. The Morgan fingerprint density at radius 1 is 0.905 bits per heavy atom. The van der Waals surface area contributed by atoms with Crippen molar-refractivity contribution in [3.8, 4) is 5.75 Å². The zero-order chi connectivity index (χ0) is 16.4. The first kappa shape index (κ1) is 19.0. The van der Waals surface area contributed by atoms with Crippen molar-refractivity contribution < 1.29 is 12.7 Å². The predicted octanol–water partition coefficient (Wildman–Crippen LogP) is 6.54. The number of benzene rings is 1. The molecule has 0 aromatic heterocycles. The summed E-state index contributed by atoms with van der Waals surface area (Å²) in [6, 6.07) is 4.28. The van der Waals surface area contributed by atoms with Crippen LogP contribution in [0.3, 0.4) is 0 Å². The Kier molecular flexibility index (Phi) is 6.35. The van der Waals surface area contributed by atoms with Gasteiger partial charge < -0.3 is 4.52 Å². The molecule has 0 amide bonds. The summed E-state index contributed by atoms with van der Waals surface area (Å²) in [7, 11) is -1.82. The first-order chi connectivity index (χ1) is 9.50. The minimum atomic E-state index is -1.82. The van der Waals surface area contributed by atoms with Gasteiger partial charge >= 0.3 is 8.60 Å². The Labute approximate surface area is 139 Å². The zero-order valence-corrected chi connectivity index (χ0v) is 16.0. The van der Waals surface area contributed by atoms with Crippen molar-refractivity contribution in [2.75, 3.05) is 0 Å². The van der Waals surface area contributed by atoms with Crippen LogP contribution < -0.4 is 4.52 Å². The van der Waals surface area contributed by atoms with Crippen LogP contribution in [0.2, 0.25) is 0 Å². The van der Waals surface area contributed by atoms with Crippen LogP contribution >= 0.6 is 32.3 Å². The highest BCUT2D eigenvalue weighted by atomic mass is 35.5. The minimum absolute atomic E-state index is 0.0555. The van der Waals surface area contributed by atoms with Gasteiger partial charge in [-0.2, -0.15) is 8.15 Å². The fraction of sp³-hybridized carbons (Fsp3) is 0.600. The highest BCUT2D eigenvalue weighted by Gasteiger charge is 2.27. The fourth-order valence-electron chi connectivity index (χ4n) is 2.00. The van der Waals surface area contributed by atoms with Crippen LogP contribution in [0, 0.1) is 6.92 Å². The van der Waals surface area contributed by atoms with E-state index in [-0.39, 0.29) is 10.8 Å². The molecule has 0 atom stereocenters. The van der Waals surface area contributed by atoms with Crippen LogP contribution in [-0.2, 0) is 19.0 Å². The average Bonchev–Trinajstić information content (AvgIpc) is 2.34. The topological polar surface area (TPSA) is 27.7 Å². The molecule has 0 unspecified atom stereocenters. The van der Waals surface area contributed by atoms with Crippen molar-refractivity contribution in [1.29, 1.82) is 0 Å². The lowest BCUT2D eigenvalue weighted by Crippen LogP contribution is -2.18. The Balaban J connectivity index is 3.42. The van der Waals surface area contributed by atoms with E-state index in [0.717, 1.165) is 11.1 Å². The Morgan fingerprint density at radius 2 is 1.43 bits per heavy atom. The average molecular weight is 353 g/mol. The van der Waals surface area contributed by atoms with Gasteiger partial charge in [-0.3, -0.25) is 0 Å². The number of halogens is 2. The minimum Gasteiger partial charge on any atom is -0.424 e. The van der Waals surface area contributed by atoms with Crippen molar-refractivity contribution >= 4 is 32.3 Å². The molecule has 6 heteroatoms. The Hall–Kier alpha value is -0.0500. The van der Waals surface area contributed by atoms with E-state index in [0.29, 0.717) is 5.75 Å². The van der Waals surface area contributed by atoms with E-state index in [1.807, 2.05) is 6.92 Å². The molecule has 120 valence electrons. The first-order valence-corrected chi connectivity index (χ1v) is 8.43. The second-order valence-corrected chi connectivity index (χ2v) is 8.86. The van der Waals surface area contributed by atoms with Gasteiger partial charge in [0.05, 0.1) is 23.7 Å². The summed E-state index contributed by atoms with van der Waals surface area (Å²) in [5.41, 5.74) is 3.28. The van der Waals surface area contributed by atoms with Crippen molar-refractivity contribution in [2.24, 2.45) is 0 Å². The van der Waals surface area contributed by atoms with Gasteiger partial charge in [-0.1, -0.05) is 53.7 Å². The highest BCUT2D eigenvalue weighted by molar-refractivity contribution is 7.44. The summed E-state index contributed by atoms with van der Waals surface area (Å²) in [6.45, 7) is 14.9. The van der Waals surface area contributed by atoms with Crippen LogP contribution in [0.4, 0.5) is 0 Å². The second-order valence-electron chi connectivity index (χ2n) is 7.12. The van der Waals surface area contributed by atoms with Crippen LogP contribution in [0.1, 0.15) is 58.2 Å². The molecule has 21 heavy (non-hydrogen) atoms. The zero-order valence-electron chi connectivity index (χ0n) is 13.6. The first-order valence-electron chi connectivity index (χ1n) is 6.72. The maximum Gasteiger partial charge on any atom is 0.433 e. The third-order valence-electron chi connectivity index (χ3n) is 3.23. The van der Waals surface area contributed by atoms with Gasteiger partial charge in [0.25, 0.3) is 0 Å². The van der Waals surface area contributed by atoms with Gasteiger partial charge in [0, 0.05) is 5.56 Å². The molecule has 0 aliphatic carbocycles. The van der Waals surface area contributed by atoms with Gasteiger partial charge in [0.1, 0.15) is 5.75 Å². The van der Waals surface area contributed by atoms with Crippen LogP contribution in [-0.4, -0.2) is 0 Å². The fourth-order valence-corrected chi connectivity index (χ4v) is 2.89. The maximum atomic E-state index is 5.73. The molecule has 0 N–H and O–H groups in total. The molecule has 0 radical (unpaired) electrons. The molecular formula is C15H23Cl2O3P. The third kappa shape index (κ3) is 4.97. The molecule has 0 fully saturated rings. The van der Waals surface area contributed by atoms with E-state index in [1.165, 1.54) is 5.56 Å². The lowest BCUT2D eigenvalue weighted by molar-refractivity contribution is 0.408. The lowest BCUT2D eigenvalue weighted by Gasteiger charge is -2.29. The molecule has 0 aliphatic heterocycles. The molecule has 0 aliphatic rings. The van der Waals surface area contributed by atoms with Gasteiger partial charge in [-0.05, 0) is 28.9 Å². The standard InChI is InChI=1S/C15H23Cl2O3P/c1-10-8-11(14(2,3)4)9-12(15(5,6)7)13(10)18-21(19-16)20-17/h8-9H,1-7H3. The van der Waals surface area contributed by atoms with Crippen molar-refractivity contribution in [3.05, 3.63) is 28.8 Å². The smallest absolute Gasteiger partial charge is 0.424 e. The van der Waals surface area contributed by atoms with Crippen molar-refractivity contribution in [2.45, 2.75) is 59.3 Å². The molecule has 0 spiro atoms. The highest BCUT2D eigenvalue weighted by Crippen LogP contribution is 2.48. The Bertz CT molecular complexity index is 489. The second kappa shape index (κ2) is 7.02. The largest absolute Gasteiger partial charge is 0.433 e. The number of rotatable bonds is 4. The summed E-state index contributed by atoms with van der Waals surface area (Å²) in [5, 5.41) is 0. The van der Waals surface area contributed by atoms with Gasteiger partial charge in [-0.15, -0.1) is 0 Å². The molecular weight excluding hydrogens is 330 g/mol.